The van der Waals surface area contributed by atoms with E-state index in [1.165, 1.54) is 12.1 Å². The van der Waals surface area contributed by atoms with Crippen molar-refractivity contribution >= 4 is 68.0 Å². The molecule has 4 aliphatic heterocycles. The average Bonchev–Trinajstić information content (AvgIpc) is 4.50. The number of nitrogens with two attached hydrogens (primary N) is 1. The molecule has 0 spiro atoms. The Labute approximate surface area is 466 Å². The molecule has 2 amide bonds. The van der Waals surface area contributed by atoms with Crippen LogP contribution in [-0.4, -0.2) is 111 Å². The molecule has 0 aliphatic carbocycles. The van der Waals surface area contributed by atoms with Gasteiger partial charge in [0.15, 0.2) is 17.2 Å². The van der Waals surface area contributed by atoms with Crippen molar-refractivity contribution in [1.29, 1.82) is 0 Å². The summed E-state index contributed by atoms with van der Waals surface area (Å²) in [6, 6.07) is 44.7. The van der Waals surface area contributed by atoms with Gasteiger partial charge >= 0.3 is 13.1 Å². The zero-order chi connectivity index (χ0) is 55.9. The molecule has 2 aromatic heterocycles. The second-order valence-electron chi connectivity index (χ2n) is 18.1. The lowest BCUT2D eigenvalue weighted by Gasteiger charge is -2.32. The largest absolute Gasteiger partial charge is 0.494 e. The number of aliphatic hydroxyl groups excluding tert-OH is 1. The van der Waals surface area contributed by atoms with Crippen molar-refractivity contribution in [2.24, 2.45) is 5.73 Å². The highest BCUT2D eigenvalue weighted by Crippen LogP contribution is 2.50. The number of fused-ring (bicyclic) bond motifs is 6. The van der Waals surface area contributed by atoms with Crippen LogP contribution in [0.1, 0.15) is 92.2 Å². The van der Waals surface area contributed by atoms with Crippen LogP contribution in [0.4, 0.5) is 0 Å². The van der Waals surface area contributed by atoms with Gasteiger partial charge in [0.1, 0.15) is 11.5 Å². The highest BCUT2D eigenvalue weighted by Gasteiger charge is 2.56. The van der Waals surface area contributed by atoms with Gasteiger partial charge in [-0.15, -0.1) is 0 Å². The third-order valence-corrected chi connectivity index (χ3v) is 14.3. The molecular weight excluding hydrogens is 1130 g/mol. The molecule has 2 unspecified atom stereocenters. The van der Waals surface area contributed by atoms with E-state index >= 15 is 0 Å². The number of carbonyl (C=O) groups excluding carboxylic acids is 3. The molecule has 4 aliphatic rings. The number of nitrogens with zero attached hydrogens (tertiary/aromatic N) is 4. The SMILES string of the molecule is Cc1noc(C)c1-c1ccc2c(c1)C1(c3ccccc3)OCCN1C2=O.Cc1noc(C)c1B(O)O.NCCO.O=C(O)c1ccc(Br)cc1C(=O)c1ccccc1.O=C1c2ccc(Br)cc2C2(c3ccccc3)OCCN12. The summed E-state index contributed by atoms with van der Waals surface area (Å²) in [6.07, 6.45) is 0. The standard InChI is InChI=1S/C21H18N2O3.C16H12BrNO2.C14H9BrO3.C5H8BNO3.C2H7NO/c1-13-19(14(2)26-22-13)15-8-9-17-18(12-15)21(16-6-4-3-5-7-16)23(20(17)24)10-11-25-21;17-12-6-7-13-14(10-12)16(11-4-2-1-3-5-11)18(15(13)19)8-9-20-16;15-10-6-7-11(14(17)18)12(8-10)13(16)9-4-2-1-3-5-9;1-3-5(6(8)9)4(2)10-7-3;3-1-2-4/h3-9,12H,10-11H2,1-2H3;1-7,10H,8-9H2;1-8H,(H,17,18);8-9H,1-2H3;4H,1-3H2. The Morgan fingerprint density at radius 3 is 1.58 bits per heavy atom. The Morgan fingerprint density at radius 1 is 0.641 bits per heavy atom. The molecule has 0 saturated carbocycles. The van der Waals surface area contributed by atoms with Crippen LogP contribution < -0.4 is 11.2 Å². The van der Waals surface area contributed by atoms with E-state index in [-0.39, 0.29) is 35.3 Å². The number of hydrogen-bond acceptors (Lipinski definition) is 14. The van der Waals surface area contributed by atoms with Gasteiger partial charge in [-0.1, -0.05) is 139 Å². The highest BCUT2D eigenvalue weighted by molar-refractivity contribution is 9.10. The van der Waals surface area contributed by atoms with Crippen LogP contribution in [-0.2, 0) is 20.9 Å². The second-order valence-corrected chi connectivity index (χ2v) is 19.9. The Hall–Kier alpha value is -7.40. The first kappa shape index (κ1) is 56.8. The van der Waals surface area contributed by atoms with Crippen molar-refractivity contribution in [1.82, 2.24) is 20.1 Å². The molecule has 400 valence electrons. The number of halogens is 2. The zero-order valence-corrected chi connectivity index (χ0v) is 46.0. The van der Waals surface area contributed by atoms with E-state index in [0.717, 1.165) is 54.9 Å². The maximum Gasteiger partial charge on any atom is 0.494 e. The zero-order valence-electron chi connectivity index (χ0n) is 42.9. The number of aryl methyl sites for hydroxylation is 4. The van der Waals surface area contributed by atoms with Crippen molar-refractivity contribution in [2.75, 3.05) is 39.5 Å². The van der Waals surface area contributed by atoms with Crippen LogP contribution in [0.2, 0.25) is 0 Å². The third-order valence-electron chi connectivity index (χ3n) is 13.3. The number of aliphatic hydroxyl groups is 1. The molecule has 17 nitrogen and oxygen atoms in total. The summed E-state index contributed by atoms with van der Waals surface area (Å²) in [6.45, 7) is 9.89. The monoisotopic (exact) mass is 1180 g/mol. The molecule has 2 saturated heterocycles. The maximum absolute atomic E-state index is 13.0. The van der Waals surface area contributed by atoms with E-state index in [9.17, 15) is 19.2 Å². The van der Waals surface area contributed by atoms with Gasteiger partial charge in [-0.25, -0.2) is 4.79 Å². The van der Waals surface area contributed by atoms with Gasteiger partial charge in [0.2, 0.25) is 0 Å². The van der Waals surface area contributed by atoms with Crippen molar-refractivity contribution < 1.29 is 58.0 Å². The number of benzene rings is 6. The molecule has 2 atom stereocenters. The minimum atomic E-state index is -1.48. The third kappa shape index (κ3) is 11.0. The lowest BCUT2D eigenvalue weighted by Crippen LogP contribution is -2.40. The molecule has 6 heterocycles. The summed E-state index contributed by atoms with van der Waals surface area (Å²) in [5, 5.41) is 41.9. The molecule has 12 rings (SSSR count). The van der Waals surface area contributed by atoms with Gasteiger partial charge in [0.05, 0.1) is 36.8 Å². The van der Waals surface area contributed by atoms with Crippen molar-refractivity contribution in [3.05, 3.63) is 228 Å². The Kier molecular flexibility index (Phi) is 17.9. The Balaban J connectivity index is 0.000000140. The van der Waals surface area contributed by atoms with E-state index < -0.39 is 24.5 Å². The summed E-state index contributed by atoms with van der Waals surface area (Å²) < 4.78 is 24.0. The fourth-order valence-corrected chi connectivity index (χ4v) is 10.6. The quantitative estimate of drug-likeness (QED) is 0.0713. The van der Waals surface area contributed by atoms with Crippen molar-refractivity contribution in [2.45, 2.75) is 39.1 Å². The van der Waals surface area contributed by atoms with E-state index in [0.29, 0.717) is 65.4 Å². The Bertz CT molecular complexity index is 3430. The molecule has 0 bridgehead atoms. The number of ketones is 1. The highest BCUT2D eigenvalue weighted by atomic mass is 79.9. The normalized spacial score (nSPS) is 17.2. The average molecular weight is 1180 g/mol. The van der Waals surface area contributed by atoms with Crippen molar-refractivity contribution in [3.63, 3.8) is 0 Å². The second kappa shape index (κ2) is 24.5. The van der Waals surface area contributed by atoms with Gasteiger partial charge in [0, 0.05) is 84.1 Å². The van der Waals surface area contributed by atoms with Crippen LogP contribution in [0.3, 0.4) is 0 Å². The molecule has 6 N–H and O–H groups in total. The number of ether oxygens (including phenoxy) is 2. The van der Waals surface area contributed by atoms with Gasteiger partial charge in [-0.3, -0.25) is 24.2 Å². The summed E-state index contributed by atoms with van der Waals surface area (Å²) in [4.78, 5) is 52.6. The first-order chi connectivity index (χ1) is 37.5. The van der Waals surface area contributed by atoms with Gasteiger partial charge in [-0.2, -0.15) is 0 Å². The maximum atomic E-state index is 13.0. The van der Waals surface area contributed by atoms with Crippen LogP contribution >= 0.6 is 31.9 Å². The van der Waals surface area contributed by atoms with Crippen LogP contribution in [0.15, 0.2) is 164 Å². The summed E-state index contributed by atoms with van der Waals surface area (Å²) in [7, 11) is -1.48. The minimum absolute atomic E-state index is 0.00653. The molecular formula is C58H54BBr2N5O12. The molecule has 0 radical (unpaired) electrons. The number of rotatable bonds is 8. The van der Waals surface area contributed by atoms with E-state index in [1.807, 2.05) is 115 Å². The predicted octanol–water partition coefficient (Wildman–Crippen LogP) is 8.07. The molecule has 8 aromatic rings. The molecule has 2 fully saturated rings. The van der Waals surface area contributed by atoms with Gasteiger partial charge < -0.3 is 44.5 Å². The van der Waals surface area contributed by atoms with Crippen LogP contribution in [0.5, 0.6) is 0 Å². The topological polar surface area (TPSA) is 252 Å². The summed E-state index contributed by atoms with van der Waals surface area (Å²) in [5.41, 5.74) is 12.7. The molecule has 78 heavy (non-hydrogen) atoms. The summed E-state index contributed by atoms with van der Waals surface area (Å²) >= 11 is 6.73. The number of carbonyl (C=O) groups is 4. The number of aromatic carboxylic acids is 1. The number of hydrogen-bond donors (Lipinski definition) is 5. The van der Waals surface area contributed by atoms with Crippen LogP contribution in [0.25, 0.3) is 11.1 Å². The first-order valence-electron chi connectivity index (χ1n) is 24.6. The van der Waals surface area contributed by atoms with E-state index in [2.05, 4.69) is 52.8 Å². The van der Waals surface area contributed by atoms with E-state index in [4.69, 9.17) is 40.0 Å². The number of carboxylic acids is 1. The fraction of sp³-hybridized carbons (Fsp3) is 0.207. The number of aromatic nitrogens is 2. The lowest BCUT2D eigenvalue weighted by atomic mass is 9.79. The fourth-order valence-electron chi connectivity index (χ4n) is 9.92. The predicted molar refractivity (Wildman–Crippen MR) is 297 cm³/mol. The van der Waals surface area contributed by atoms with E-state index in [1.54, 1.807) is 50.2 Å². The van der Waals surface area contributed by atoms with Gasteiger partial charge in [0.25, 0.3) is 11.8 Å². The lowest BCUT2D eigenvalue weighted by molar-refractivity contribution is -0.0308. The van der Waals surface area contributed by atoms with Gasteiger partial charge in [-0.05, 0) is 81.8 Å². The minimum Gasteiger partial charge on any atom is -0.478 e. The first-order valence-corrected chi connectivity index (χ1v) is 26.2. The number of amides is 2. The smallest absolute Gasteiger partial charge is 0.478 e. The van der Waals surface area contributed by atoms with Crippen molar-refractivity contribution in [3.8, 4) is 11.1 Å². The molecule has 6 aromatic carbocycles. The van der Waals surface area contributed by atoms with Crippen LogP contribution in [0, 0.1) is 27.7 Å². The number of carboxylic acid groups (broad SMARTS) is 1. The Morgan fingerprint density at radius 2 is 1.12 bits per heavy atom. The molecule has 20 heteroatoms. The summed E-state index contributed by atoms with van der Waals surface area (Å²) in [5.74, 6) is -0.117.